The van der Waals surface area contributed by atoms with E-state index in [1.54, 1.807) is 6.92 Å². The summed E-state index contributed by atoms with van der Waals surface area (Å²) in [5.41, 5.74) is 0.470. The van der Waals surface area contributed by atoms with Gasteiger partial charge in [-0.2, -0.15) is 0 Å². The fraction of sp³-hybridized carbons (Fsp3) is 0.125. The lowest BCUT2D eigenvalue weighted by Gasteiger charge is -1.97. The van der Waals surface area contributed by atoms with Crippen molar-refractivity contribution >= 4 is 0 Å². The molecule has 0 bridgehead atoms. The maximum atomic E-state index is 12.6. The number of hydrogen-bond acceptors (Lipinski definition) is 2. The largest absolute Gasteiger partial charge is 0.388 e. The third kappa shape index (κ3) is 1.68. The molecule has 0 aliphatic rings. The molecular formula is C8H6FNO. The second-order valence-corrected chi connectivity index (χ2v) is 2.10. The van der Waals surface area contributed by atoms with Crippen molar-refractivity contribution in [1.82, 2.24) is 0 Å². The summed E-state index contributed by atoms with van der Waals surface area (Å²) in [5, 5.41) is 8.11. The van der Waals surface area contributed by atoms with Gasteiger partial charge < -0.3 is 4.74 Å². The van der Waals surface area contributed by atoms with Gasteiger partial charge in [-0.05, 0) is 30.7 Å². The number of rotatable bonds is 1. The lowest BCUT2D eigenvalue weighted by molar-refractivity contribution is 0.503. The lowest BCUT2D eigenvalue weighted by Crippen LogP contribution is -1.85. The lowest BCUT2D eigenvalue weighted by atomic mass is 10.2. The minimum absolute atomic E-state index is 0.296. The van der Waals surface area contributed by atoms with E-state index < -0.39 is 0 Å². The molecule has 56 valence electrons. The van der Waals surface area contributed by atoms with Crippen molar-refractivity contribution in [3.8, 4) is 12.0 Å². The minimum atomic E-state index is -0.296. The van der Waals surface area contributed by atoms with Crippen molar-refractivity contribution < 1.29 is 9.13 Å². The Kier molecular flexibility index (Phi) is 2.07. The number of nitriles is 1. The summed E-state index contributed by atoms with van der Waals surface area (Å²) < 4.78 is 17.1. The monoisotopic (exact) mass is 151 g/mol. The first-order valence-corrected chi connectivity index (χ1v) is 3.06. The maximum absolute atomic E-state index is 12.6. The van der Waals surface area contributed by atoms with E-state index in [1.807, 2.05) is 0 Å². The maximum Gasteiger partial charge on any atom is 0.292 e. The van der Waals surface area contributed by atoms with E-state index in [0.717, 1.165) is 0 Å². The van der Waals surface area contributed by atoms with E-state index in [1.165, 1.54) is 24.5 Å². The Hall–Kier alpha value is -1.56. The van der Waals surface area contributed by atoms with Crippen molar-refractivity contribution in [3.63, 3.8) is 0 Å². The Morgan fingerprint density at radius 3 is 2.82 bits per heavy atom. The van der Waals surface area contributed by atoms with Crippen LogP contribution in [0.3, 0.4) is 0 Å². The Morgan fingerprint density at radius 1 is 1.55 bits per heavy atom. The van der Waals surface area contributed by atoms with Gasteiger partial charge in [0, 0.05) is 0 Å². The quantitative estimate of drug-likeness (QED) is 0.575. The van der Waals surface area contributed by atoms with Gasteiger partial charge in [0.25, 0.3) is 6.26 Å². The van der Waals surface area contributed by atoms with Crippen LogP contribution in [0.2, 0.25) is 0 Å². The van der Waals surface area contributed by atoms with Gasteiger partial charge in [-0.15, -0.1) is 5.26 Å². The van der Waals surface area contributed by atoms with Crippen LogP contribution < -0.4 is 4.74 Å². The number of halogens is 1. The van der Waals surface area contributed by atoms with E-state index in [0.29, 0.717) is 11.3 Å². The van der Waals surface area contributed by atoms with E-state index in [4.69, 9.17) is 5.26 Å². The molecule has 1 aromatic carbocycles. The highest BCUT2D eigenvalue weighted by molar-refractivity contribution is 5.29. The normalized spacial score (nSPS) is 8.82. The number of nitrogens with zero attached hydrogens (tertiary/aromatic N) is 1. The molecule has 0 amide bonds. The fourth-order valence-electron chi connectivity index (χ4n) is 0.733. The molecule has 3 heteroatoms. The molecular weight excluding hydrogens is 145 g/mol. The van der Waals surface area contributed by atoms with Crippen LogP contribution in [0.1, 0.15) is 5.56 Å². The van der Waals surface area contributed by atoms with Crippen LogP contribution in [0.25, 0.3) is 0 Å². The molecule has 0 N–H and O–H groups in total. The first-order chi connectivity index (χ1) is 5.24. The number of hydrogen-bond donors (Lipinski definition) is 0. The second-order valence-electron chi connectivity index (χ2n) is 2.10. The molecule has 0 radical (unpaired) electrons. The molecule has 0 aromatic heterocycles. The first-order valence-electron chi connectivity index (χ1n) is 3.06. The molecule has 0 saturated carbocycles. The van der Waals surface area contributed by atoms with Crippen LogP contribution in [-0.2, 0) is 0 Å². The van der Waals surface area contributed by atoms with Gasteiger partial charge in [-0.25, -0.2) is 4.39 Å². The van der Waals surface area contributed by atoms with E-state index in [9.17, 15) is 4.39 Å². The third-order valence-electron chi connectivity index (χ3n) is 1.29. The molecule has 1 rings (SSSR count). The van der Waals surface area contributed by atoms with Gasteiger partial charge in [0.2, 0.25) is 0 Å². The summed E-state index contributed by atoms with van der Waals surface area (Å²) in [6.07, 6.45) is 1.51. The number of aryl methyl sites for hydroxylation is 1. The van der Waals surface area contributed by atoms with Crippen molar-refractivity contribution in [1.29, 1.82) is 5.26 Å². The smallest absolute Gasteiger partial charge is 0.292 e. The van der Waals surface area contributed by atoms with E-state index in [-0.39, 0.29) is 5.82 Å². The Morgan fingerprint density at radius 2 is 2.27 bits per heavy atom. The molecule has 0 atom stereocenters. The third-order valence-corrected chi connectivity index (χ3v) is 1.29. The van der Waals surface area contributed by atoms with E-state index in [2.05, 4.69) is 4.74 Å². The first kappa shape index (κ1) is 7.55. The van der Waals surface area contributed by atoms with Crippen molar-refractivity contribution in [2.45, 2.75) is 6.92 Å². The zero-order valence-electron chi connectivity index (χ0n) is 5.97. The predicted octanol–water partition coefficient (Wildman–Crippen LogP) is 1.99. The van der Waals surface area contributed by atoms with Crippen molar-refractivity contribution in [2.75, 3.05) is 0 Å². The van der Waals surface area contributed by atoms with Crippen LogP contribution in [0.15, 0.2) is 18.2 Å². The molecule has 1 aromatic rings. The summed E-state index contributed by atoms with van der Waals surface area (Å²) in [4.78, 5) is 0. The highest BCUT2D eigenvalue weighted by atomic mass is 19.1. The average Bonchev–Trinajstić information content (AvgIpc) is 1.98. The van der Waals surface area contributed by atoms with E-state index >= 15 is 0 Å². The Bertz CT molecular complexity index is 303. The number of ether oxygens (including phenoxy) is 1. The Labute approximate surface area is 63.8 Å². The van der Waals surface area contributed by atoms with Crippen molar-refractivity contribution in [3.05, 3.63) is 29.6 Å². The summed E-state index contributed by atoms with van der Waals surface area (Å²) in [7, 11) is 0. The SMILES string of the molecule is Cc1cc(OC#N)ccc1F. The zero-order chi connectivity index (χ0) is 8.27. The topological polar surface area (TPSA) is 33.0 Å². The average molecular weight is 151 g/mol. The van der Waals surface area contributed by atoms with Gasteiger partial charge in [0.15, 0.2) is 0 Å². The molecule has 0 aliphatic heterocycles. The van der Waals surface area contributed by atoms with Crippen LogP contribution >= 0.6 is 0 Å². The molecule has 0 heterocycles. The van der Waals surface area contributed by atoms with Crippen LogP contribution in [0.4, 0.5) is 4.39 Å². The fourth-order valence-corrected chi connectivity index (χ4v) is 0.733. The van der Waals surface area contributed by atoms with Gasteiger partial charge in [-0.3, -0.25) is 0 Å². The van der Waals surface area contributed by atoms with Gasteiger partial charge >= 0.3 is 0 Å². The van der Waals surface area contributed by atoms with Crippen LogP contribution in [0.5, 0.6) is 5.75 Å². The summed E-state index contributed by atoms with van der Waals surface area (Å²) in [6, 6.07) is 4.14. The molecule has 0 saturated heterocycles. The molecule has 0 unspecified atom stereocenters. The molecule has 0 aliphatic carbocycles. The number of benzene rings is 1. The van der Waals surface area contributed by atoms with Gasteiger partial charge in [0.1, 0.15) is 11.6 Å². The minimum Gasteiger partial charge on any atom is -0.388 e. The van der Waals surface area contributed by atoms with Crippen LogP contribution in [-0.4, -0.2) is 0 Å². The highest BCUT2D eigenvalue weighted by Gasteiger charge is 1.98. The molecule has 2 nitrogen and oxygen atoms in total. The standard InChI is InChI=1S/C8H6FNO/c1-6-4-7(11-5-10)2-3-8(6)9/h2-4H,1H3. The van der Waals surface area contributed by atoms with Gasteiger partial charge in [-0.1, -0.05) is 0 Å². The highest BCUT2D eigenvalue weighted by Crippen LogP contribution is 2.15. The molecule has 0 spiro atoms. The zero-order valence-corrected chi connectivity index (χ0v) is 5.97. The summed E-state index contributed by atoms with van der Waals surface area (Å²) in [6.45, 7) is 1.61. The summed E-state index contributed by atoms with van der Waals surface area (Å²) in [5.74, 6) is 0.0710. The Balaban J connectivity index is 2.98. The van der Waals surface area contributed by atoms with Crippen LogP contribution in [0, 0.1) is 24.3 Å². The van der Waals surface area contributed by atoms with Crippen molar-refractivity contribution in [2.24, 2.45) is 0 Å². The summed E-state index contributed by atoms with van der Waals surface area (Å²) >= 11 is 0. The predicted molar refractivity (Wildman–Crippen MR) is 37.4 cm³/mol. The second kappa shape index (κ2) is 3.02. The molecule has 0 fully saturated rings. The molecule has 11 heavy (non-hydrogen) atoms. The van der Waals surface area contributed by atoms with Gasteiger partial charge in [0.05, 0.1) is 0 Å².